The Morgan fingerprint density at radius 2 is 2.10 bits per heavy atom. The third-order valence-electron chi connectivity index (χ3n) is 3.61. The van der Waals surface area contributed by atoms with Crippen molar-refractivity contribution in [1.29, 1.82) is 0 Å². The molecule has 2 rings (SSSR count). The Hall–Kier alpha value is -1.05. The fraction of sp³-hybridized carbons (Fsp3) is 0.500. The number of nitrogens with zero attached hydrogens (tertiary/aromatic N) is 1. The van der Waals surface area contributed by atoms with Gasteiger partial charge in [-0.1, -0.05) is 37.3 Å². The molecule has 116 valence electrons. The van der Waals surface area contributed by atoms with Gasteiger partial charge < -0.3 is 10.6 Å². The van der Waals surface area contributed by atoms with Crippen molar-refractivity contribution >= 4 is 27.5 Å². The Kier molecular flexibility index (Phi) is 5.29. The Bertz CT molecular complexity index is 589. The lowest BCUT2D eigenvalue weighted by Crippen LogP contribution is -2.53. The first-order chi connectivity index (χ1) is 9.97. The normalized spacial score (nSPS) is 21.0. The zero-order valence-electron chi connectivity index (χ0n) is 11.9. The fourth-order valence-corrected chi connectivity index (χ4v) is 5.28. The summed E-state index contributed by atoms with van der Waals surface area (Å²) < 4.78 is 24.4. The van der Waals surface area contributed by atoms with E-state index in [0.717, 1.165) is 5.75 Å². The lowest BCUT2D eigenvalue weighted by atomic mass is 10.1. The molecular formula is C14H20N2O3S2. The van der Waals surface area contributed by atoms with Gasteiger partial charge in [0.15, 0.2) is 9.84 Å². The molecule has 5 nitrogen and oxygen atoms in total. The largest absolute Gasteiger partial charge is 0.322 e. The van der Waals surface area contributed by atoms with Crippen LogP contribution in [0.15, 0.2) is 30.3 Å². The summed E-state index contributed by atoms with van der Waals surface area (Å²) in [6, 6.07) is 8.23. The van der Waals surface area contributed by atoms with E-state index in [1.807, 2.05) is 18.2 Å². The van der Waals surface area contributed by atoms with Gasteiger partial charge in [-0.25, -0.2) is 8.42 Å². The predicted octanol–water partition coefficient (Wildman–Crippen LogP) is 1.02. The smallest absolute Gasteiger partial charge is 0.245 e. The third-order valence-corrected chi connectivity index (χ3v) is 6.90. The Labute approximate surface area is 129 Å². The fourth-order valence-electron chi connectivity index (χ4n) is 2.30. The van der Waals surface area contributed by atoms with Crippen molar-refractivity contribution in [3.63, 3.8) is 0 Å². The summed E-state index contributed by atoms with van der Waals surface area (Å²) in [7, 11) is -3.30. The second kappa shape index (κ2) is 6.81. The van der Waals surface area contributed by atoms with Crippen LogP contribution >= 0.6 is 11.8 Å². The number of thioether (sulfide) groups is 1. The van der Waals surface area contributed by atoms with Gasteiger partial charge in [-0.15, -0.1) is 0 Å². The van der Waals surface area contributed by atoms with Crippen molar-refractivity contribution in [2.45, 2.75) is 18.3 Å². The number of benzene rings is 1. The van der Waals surface area contributed by atoms with E-state index >= 15 is 0 Å². The van der Waals surface area contributed by atoms with Crippen molar-refractivity contribution in [2.24, 2.45) is 5.73 Å². The lowest BCUT2D eigenvalue weighted by Gasteiger charge is -2.36. The second-order valence-electron chi connectivity index (χ2n) is 4.90. The summed E-state index contributed by atoms with van der Waals surface area (Å²) in [5, 5.41) is -0.761. The summed E-state index contributed by atoms with van der Waals surface area (Å²) in [4.78, 5) is 14.0. The molecule has 2 atom stereocenters. The molecule has 1 saturated heterocycles. The molecule has 1 unspecified atom stereocenters. The monoisotopic (exact) mass is 328 g/mol. The maximum Gasteiger partial charge on any atom is 0.245 e. The van der Waals surface area contributed by atoms with E-state index in [9.17, 15) is 13.2 Å². The summed E-state index contributed by atoms with van der Waals surface area (Å²) in [6.07, 6.45) is 0. The molecule has 7 heteroatoms. The van der Waals surface area contributed by atoms with Crippen LogP contribution in [-0.4, -0.2) is 48.4 Å². The number of hydrogen-bond donors (Lipinski definition) is 1. The first kappa shape index (κ1) is 16.3. The van der Waals surface area contributed by atoms with Gasteiger partial charge >= 0.3 is 0 Å². The molecule has 1 fully saturated rings. The molecule has 0 saturated carbocycles. The van der Waals surface area contributed by atoms with Crippen molar-refractivity contribution in [1.82, 2.24) is 4.90 Å². The number of sulfone groups is 1. The molecule has 1 aliphatic heterocycles. The molecule has 21 heavy (non-hydrogen) atoms. The van der Waals surface area contributed by atoms with Crippen LogP contribution in [0.25, 0.3) is 0 Å². The van der Waals surface area contributed by atoms with Crippen molar-refractivity contribution < 1.29 is 13.2 Å². The van der Waals surface area contributed by atoms with Gasteiger partial charge in [-0.3, -0.25) is 4.79 Å². The van der Waals surface area contributed by atoms with E-state index in [2.05, 4.69) is 0 Å². The SMILES string of the molecule is CCS(=O)(=O)C1CSCCN1C(=O)[C@@H](N)c1ccccc1. The second-order valence-corrected chi connectivity index (χ2v) is 8.50. The molecular weight excluding hydrogens is 308 g/mol. The highest BCUT2D eigenvalue weighted by molar-refractivity contribution is 8.01. The van der Waals surface area contributed by atoms with Crippen molar-refractivity contribution in [3.05, 3.63) is 35.9 Å². The topological polar surface area (TPSA) is 80.5 Å². The van der Waals surface area contributed by atoms with Gasteiger partial charge in [0.1, 0.15) is 11.4 Å². The molecule has 1 aromatic carbocycles. The molecule has 1 aliphatic rings. The van der Waals surface area contributed by atoms with Gasteiger partial charge in [0.2, 0.25) is 5.91 Å². The maximum absolute atomic E-state index is 12.6. The maximum atomic E-state index is 12.6. The molecule has 2 N–H and O–H groups in total. The summed E-state index contributed by atoms with van der Waals surface area (Å²) >= 11 is 1.56. The van der Waals surface area contributed by atoms with E-state index in [1.54, 1.807) is 30.8 Å². The Morgan fingerprint density at radius 1 is 1.43 bits per heavy atom. The minimum absolute atomic E-state index is 0.0303. The van der Waals surface area contributed by atoms with Crippen LogP contribution in [0.4, 0.5) is 0 Å². The molecule has 0 aromatic heterocycles. The Balaban J connectivity index is 2.23. The quantitative estimate of drug-likeness (QED) is 0.892. The van der Waals surface area contributed by atoms with Crippen LogP contribution in [0, 0.1) is 0 Å². The molecule has 1 aromatic rings. The van der Waals surface area contributed by atoms with Crippen molar-refractivity contribution in [2.75, 3.05) is 23.8 Å². The first-order valence-electron chi connectivity index (χ1n) is 6.87. The van der Waals surface area contributed by atoms with E-state index in [0.29, 0.717) is 17.9 Å². The number of carbonyl (C=O) groups is 1. The summed E-state index contributed by atoms with van der Waals surface area (Å²) in [6.45, 7) is 2.03. The van der Waals surface area contributed by atoms with Crippen LogP contribution in [0.3, 0.4) is 0 Å². The van der Waals surface area contributed by atoms with E-state index in [4.69, 9.17) is 5.73 Å². The van der Waals surface area contributed by atoms with Crippen molar-refractivity contribution in [3.8, 4) is 0 Å². The average Bonchev–Trinajstić information content (AvgIpc) is 2.54. The highest BCUT2D eigenvalue weighted by Gasteiger charge is 2.37. The lowest BCUT2D eigenvalue weighted by molar-refractivity contribution is -0.133. The predicted molar refractivity (Wildman–Crippen MR) is 85.7 cm³/mol. The van der Waals surface area contributed by atoms with Crippen LogP contribution < -0.4 is 5.73 Å². The van der Waals surface area contributed by atoms with Crippen LogP contribution in [0.1, 0.15) is 18.5 Å². The van der Waals surface area contributed by atoms with E-state index in [-0.39, 0.29) is 11.7 Å². The molecule has 0 bridgehead atoms. The molecule has 1 heterocycles. The van der Waals surface area contributed by atoms with Gasteiger partial charge in [-0.2, -0.15) is 11.8 Å². The number of amides is 1. The highest BCUT2D eigenvalue weighted by Crippen LogP contribution is 2.24. The first-order valence-corrected chi connectivity index (χ1v) is 9.74. The zero-order valence-corrected chi connectivity index (χ0v) is 13.6. The standard InChI is InChI=1S/C14H20N2O3S2/c1-2-21(18,19)12-10-20-9-8-16(12)14(17)13(15)11-6-4-3-5-7-11/h3-7,12-13H,2,8-10,15H2,1H3/t12?,13-/m0/s1. The van der Waals surface area contributed by atoms with Gasteiger partial charge in [0.25, 0.3) is 0 Å². The average molecular weight is 328 g/mol. The summed E-state index contributed by atoms with van der Waals surface area (Å²) in [5.74, 6) is 0.873. The van der Waals surface area contributed by atoms with Crippen LogP contribution in [0.5, 0.6) is 0 Å². The molecule has 0 aliphatic carbocycles. The highest BCUT2D eigenvalue weighted by atomic mass is 32.2. The third kappa shape index (κ3) is 3.59. The van der Waals surface area contributed by atoms with E-state index in [1.165, 1.54) is 4.90 Å². The van der Waals surface area contributed by atoms with Crippen LogP contribution in [-0.2, 0) is 14.6 Å². The molecule has 1 amide bonds. The molecule has 0 radical (unpaired) electrons. The van der Waals surface area contributed by atoms with Gasteiger partial charge in [0.05, 0.1) is 0 Å². The molecule has 0 spiro atoms. The minimum atomic E-state index is -3.30. The summed E-state index contributed by atoms with van der Waals surface area (Å²) in [5.41, 5.74) is 6.73. The Morgan fingerprint density at radius 3 is 2.71 bits per heavy atom. The van der Waals surface area contributed by atoms with E-state index < -0.39 is 21.3 Å². The van der Waals surface area contributed by atoms with Gasteiger partial charge in [0, 0.05) is 23.8 Å². The van der Waals surface area contributed by atoms with Crippen LogP contribution in [0.2, 0.25) is 0 Å². The number of carbonyl (C=O) groups excluding carboxylic acids is 1. The zero-order chi connectivity index (χ0) is 15.5. The minimum Gasteiger partial charge on any atom is -0.322 e. The number of rotatable bonds is 4. The number of nitrogens with two attached hydrogens (primary N) is 1. The van der Waals surface area contributed by atoms with Gasteiger partial charge in [-0.05, 0) is 5.56 Å². The number of hydrogen-bond acceptors (Lipinski definition) is 5.